The molecule has 1 rings (SSSR count). The van der Waals surface area contributed by atoms with Gasteiger partial charge in [0.05, 0.1) is 13.7 Å². The minimum atomic E-state index is -0.325. The fourth-order valence-corrected chi connectivity index (χ4v) is 1.94. The zero-order valence-electron chi connectivity index (χ0n) is 13.0. The van der Waals surface area contributed by atoms with Gasteiger partial charge in [-0.05, 0) is 37.1 Å². The van der Waals surface area contributed by atoms with Crippen LogP contribution in [0.1, 0.15) is 37.3 Å². The van der Waals surface area contributed by atoms with Crippen molar-refractivity contribution in [1.29, 1.82) is 0 Å². The first kappa shape index (κ1) is 16.5. The van der Waals surface area contributed by atoms with Gasteiger partial charge in [0.2, 0.25) is 0 Å². The largest absolute Gasteiger partial charge is 0.493 e. The Morgan fingerprint density at radius 3 is 2.60 bits per heavy atom. The molecule has 0 heterocycles. The predicted octanol–water partition coefficient (Wildman–Crippen LogP) is 2.65. The lowest BCUT2D eigenvalue weighted by Gasteiger charge is -2.16. The van der Waals surface area contributed by atoms with Crippen molar-refractivity contribution in [3.8, 4) is 5.75 Å². The molecular weight excluding hydrogens is 254 g/mol. The van der Waals surface area contributed by atoms with Gasteiger partial charge in [0, 0.05) is 6.42 Å². The molecule has 1 atom stereocenters. The van der Waals surface area contributed by atoms with Crippen LogP contribution in [-0.2, 0) is 9.53 Å². The lowest BCUT2D eigenvalue weighted by atomic mass is 10.0. The highest BCUT2D eigenvalue weighted by atomic mass is 16.5. The third kappa shape index (κ3) is 4.53. The predicted molar refractivity (Wildman–Crippen MR) is 80.2 cm³/mol. The summed E-state index contributed by atoms with van der Waals surface area (Å²) in [5.74, 6) is 1.10. The molecule has 1 unspecified atom stereocenters. The number of rotatable bonds is 7. The van der Waals surface area contributed by atoms with Crippen molar-refractivity contribution in [2.24, 2.45) is 0 Å². The van der Waals surface area contributed by atoms with Crippen molar-refractivity contribution in [3.05, 3.63) is 29.3 Å². The van der Waals surface area contributed by atoms with Gasteiger partial charge in [-0.1, -0.05) is 26.0 Å². The summed E-state index contributed by atoms with van der Waals surface area (Å²) in [5, 5.41) is 2.93. The van der Waals surface area contributed by atoms with E-state index in [1.807, 2.05) is 6.92 Å². The van der Waals surface area contributed by atoms with Crippen LogP contribution >= 0.6 is 0 Å². The molecule has 0 aliphatic carbocycles. The van der Waals surface area contributed by atoms with E-state index in [2.05, 4.69) is 37.4 Å². The Hall–Kier alpha value is -1.55. The number of nitrogens with one attached hydrogen (secondary N) is 1. The molecule has 0 aliphatic heterocycles. The molecule has 0 amide bonds. The summed E-state index contributed by atoms with van der Waals surface area (Å²) in [6.45, 7) is 6.81. The maximum Gasteiger partial charge on any atom is 0.322 e. The summed E-state index contributed by atoms with van der Waals surface area (Å²) in [7, 11) is 3.13. The van der Waals surface area contributed by atoms with E-state index in [1.54, 1.807) is 7.05 Å². The van der Waals surface area contributed by atoms with E-state index >= 15 is 0 Å². The van der Waals surface area contributed by atoms with Crippen LogP contribution in [0, 0.1) is 6.92 Å². The highest BCUT2D eigenvalue weighted by Crippen LogP contribution is 2.24. The molecule has 4 heteroatoms. The van der Waals surface area contributed by atoms with E-state index in [9.17, 15) is 4.79 Å². The minimum Gasteiger partial charge on any atom is -0.493 e. The lowest BCUT2D eigenvalue weighted by Crippen LogP contribution is -2.36. The number of hydrogen-bond donors (Lipinski definition) is 1. The van der Waals surface area contributed by atoms with Gasteiger partial charge in [-0.25, -0.2) is 0 Å². The molecule has 0 bridgehead atoms. The Morgan fingerprint density at radius 2 is 2.05 bits per heavy atom. The molecule has 0 saturated carbocycles. The number of esters is 1. The summed E-state index contributed by atoms with van der Waals surface area (Å²) < 4.78 is 10.5. The maximum absolute atomic E-state index is 11.5. The number of methoxy groups -OCH3 is 1. The number of ether oxygens (including phenoxy) is 2. The minimum absolute atomic E-state index is 0.260. The molecule has 0 spiro atoms. The SMILES string of the molecule is CNC(CCOc1cc(C(C)C)ccc1C)C(=O)OC. The van der Waals surface area contributed by atoms with Crippen LogP contribution in [0.5, 0.6) is 5.75 Å². The van der Waals surface area contributed by atoms with E-state index in [0.29, 0.717) is 18.9 Å². The van der Waals surface area contributed by atoms with Crippen LogP contribution < -0.4 is 10.1 Å². The van der Waals surface area contributed by atoms with Crippen LogP contribution in [0.3, 0.4) is 0 Å². The van der Waals surface area contributed by atoms with Crippen LogP contribution in [0.25, 0.3) is 0 Å². The van der Waals surface area contributed by atoms with E-state index in [0.717, 1.165) is 11.3 Å². The lowest BCUT2D eigenvalue weighted by molar-refractivity contribution is -0.143. The fraction of sp³-hybridized carbons (Fsp3) is 0.562. The maximum atomic E-state index is 11.5. The first-order valence-electron chi connectivity index (χ1n) is 6.98. The van der Waals surface area contributed by atoms with Gasteiger partial charge < -0.3 is 14.8 Å². The van der Waals surface area contributed by atoms with Crippen LogP contribution in [0.4, 0.5) is 0 Å². The number of benzene rings is 1. The normalized spacial score (nSPS) is 12.3. The highest BCUT2D eigenvalue weighted by molar-refractivity contribution is 5.75. The molecule has 0 radical (unpaired) electrons. The standard InChI is InChI=1S/C16H25NO3/c1-11(2)13-7-6-12(3)15(10-13)20-9-8-14(17-4)16(18)19-5/h6-7,10-11,14,17H,8-9H2,1-5H3. The molecule has 4 nitrogen and oxygen atoms in total. The summed E-state index contributed by atoms with van der Waals surface area (Å²) in [6.07, 6.45) is 0.578. The topological polar surface area (TPSA) is 47.6 Å². The highest BCUT2D eigenvalue weighted by Gasteiger charge is 2.16. The number of hydrogen-bond acceptors (Lipinski definition) is 4. The summed E-state index contributed by atoms with van der Waals surface area (Å²) in [5.41, 5.74) is 2.36. The molecule has 112 valence electrons. The number of likely N-dealkylation sites (N-methyl/N-ethyl adjacent to an activating group) is 1. The Bertz CT molecular complexity index is 443. The van der Waals surface area contributed by atoms with Crippen molar-refractivity contribution in [2.45, 2.75) is 39.2 Å². The third-order valence-electron chi connectivity index (χ3n) is 3.38. The van der Waals surface area contributed by atoms with Gasteiger partial charge >= 0.3 is 5.97 Å². The molecule has 0 aliphatic rings. The number of aryl methyl sites for hydroxylation is 1. The van der Waals surface area contributed by atoms with Crippen molar-refractivity contribution in [1.82, 2.24) is 5.32 Å². The van der Waals surface area contributed by atoms with Crippen molar-refractivity contribution in [2.75, 3.05) is 20.8 Å². The number of carbonyl (C=O) groups is 1. The smallest absolute Gasteiger partial charge is 0.322 e. The Kier molecular flexibility index (Phi) is 6.52. The average molecular weight is 279 g/mol. The fourth-order valence-electron chi connectivity index (χ4n) is 1.94. The van der Waals surface area contributed by atoms with Gasteiger partial charge in [0.15, 0.2) is 0 Å². The molecule has 0 saturated heterocycles. The molecule has 1 aromatic carbocycles. The first-order chi connectivity index (χ1) is 9.49. The van der Waals surface area contributed by atoms with Crippen molar-refractivity contribution in [3.63, 3.8) is 0 Å². The molecule has 1 N–H and O–H groups in total. The van der Waals surface area contributed by atoms with E-state index < -0.39 is 0 Å². The Morgan fingerprint density at radius 1 is 1.35 bits per heavy atom. The van der Waals surface area contributed by atoms with Gasteiger partial charge in [0.25, 0.3) is 0 Å². The number of carbonyl (C=O) groups excluding carboxylic acids is 1. The molecule has 20 heavy (non-hydrogen) atoms. The second-order valence-electron chi connectivity index (χ2n) is 5.18. The molecule has 0 aromatic heterocycles. The second-order valence-corrected chi connectivity index (χ2v) is 5.18. The Balaban J connectivity index is 2.61. The summed E-state index contributed by atoms with van der Waals surface area (Å²) >= 11 is 0. The van der Waals surface area contributed by atoms with Gasteiger partial charge in [-0.15, -0.1) is 0 Å². The van der Waals surface area contributed by atoms with Gasteiger partial charge in [-0.2, -0.15) is 0 Å². The van der Waals surface area contributed by atoms with E-state index in [4.69, 9.17) is 9.47 Å². The van der Waals surface area contributed by atoms with Crippen molar-refractivity contribution >= 4 is 5.97 Å². The zero-order chi connectivity index (χ0) is 15.1. The van der Waals surface area contributed by atoms with E-state index in [-0.39, 0.29) is 12.0 Å². The average Bonchev–Trinajstić information content (AvgIpc) is 2.44. The van der Waals surface area contributed by atoms with Crippen molar-refractivity contribution < 1.29 is 14.3 Å². The first-order valence-corrected chi connectivity index (χ1v) is 6.98. The quantitative estimate of drug-likeness (QED) is 0.780. The van der Waals surface area contributed by atoms with Crippen LogP contribution in [-0.4, -0.2) is 32.8 Å². The van der Waals surface area contributed by atoms with Gasteiger partial charge in [0.1, 0.15) is 11.8 Å². The van der Waals surface area contributed by atoms with Crippen LogP contribution in [0.2, 0.25) is 0 Å². The Labute approximate surface area is 121 Å². The molecular formula is C16H25NO3. The summed E-state index contributed by atoms with van der Waals surface area (Å²) in [4.78, 5) is 11.5. The zero-order valence-corrected chi connectivity index (χ0v) is 13.0. The second kappa shape index (κ2) is 7.90. The monoisotopic (exact) mass is 279 g/mol. The van der Waals surface area contributed by atoms with E-state index in [1.165, 1.54) is 12.7 Å². The third-order valence-corrected chi connectivity index (χ3v) is 3.38. The van der Waals surface area contributed by atoms with Crippen LogP contribution in [0.15, 0.2) is 18.2 Å². The summed E-state index contributed by atoms with van der Waals surface area (Å²) in [6, 6.07) is 5.94. The van der Waals surface area contributed by atoms with Gasteiger partial charge in [-0.3, -0.25) is 4.79 Å². The molecule has 1 aromatic rings. The molecule has 0 fully saturated rings.